The molecule has 0 atom stereocenters. The van der Waals surface area contributed by atoms with E-state index in [0.29, 0.717) is 0 Å². The molecular formula is C18H16AcO2S4. The van der Waals surface area contributed by atoms with Crippen LogP contribution in [0.1, 0.15) is 31.7 Å². The summed E-state index contributed by atoms with van der Waals surface area (Å²) in [5.41, 5.74) is 0. The van der Waals surface area contributed by atoms with Crippen LogP contribution in [0.4, 0.5) is 0 Å². The molecule has 0 bridgehead atoms. The normalized spacial score (nSPS) is 10.4. The minimum Gasteiger partial charge on any atom is -0.382 e. The van der Waals surface area contributed by atoms with Crippen LogP contribution in [0.25, 0.3) is 0 Å². The topological polar surface area (TPSA) is 40.5 Å². The van der Waals surface area contributed by atoms with E-state index in [4.69, 9.17) is 0 Å². The van der Waals surface area contributed by atoms with Gasteiger partial charge in [0.05, 0.1) is 0 Å². The Morgan fingerprint density at radius 3 is 0.920 bits per heavy atom. The molecule has 0 fully saturated rings. The summed E-state index contributed by atoms with van der Waals surface area (Å²) in [5.74, 6) is 0. The Labute approximate surface area is 199 Å². The summed E-state index contributed by atoms with van der Waals surface area (Å²) in [7, 11) is 0. The van der Waals surface area contributed by atoms with Crippen molar-refractivity contribution in [1.82, 2.24) is 0 Å². The second-order valence-electron chi connectivity index (χ2n) is 4.87. The van der Waals surface area contributed by atoms with Gasteiger partial charge in [-0.05, 0) is 45.8 Å². The van der Waals surface area contributed by atoms with Crippen LogP contribution >= 0.6 is 45.3 Å². The number of aliphatic hydroxyl groups is 2. The van der Waals surface area contributed by atoms with E-state index in [2.05, 4.69) is 0 Å². The molecule has 0 aliphatic carbocycles. The first-order valence-electron chi connectivity index (χ1n) is 7.25. The maximum absolute atomic E-state index is 9.79. The van der Waals surface area contributed by atoms with Gasteiger partial charge in [0.25, 0.3) is 0 Å². The summed E-state index contributed by atoms with van der Waals surface area (Å²) in [4.78, 5) is 4.05. The van der Waals surface area contributed by atoms with Gasteiger partial charge in [0.1, 0.15) is 12.2 Å². The summed E-state index contributed by atoms with van der Waals surface area (Å²) >= 11 is 6.34. The molecule has 0 amide bonds. The van der Waals surface area contributed by atoms with Crippen molar-refractivity contribution in [3.8, 4) is 0 Å². The summed E-state index contributed by atoms with van der Waals surface area (Å²) < 4.78 is 0. The van der Waals surface area contributed by atoms with Gasteiger partial charge in [-0.3, -0.25) is 0 Å². The third-order valence-electron chi connectivity index (χ3n) is 3.25. The number of rotatable bonds is 4. The summed E-state index contributed by atoms with van der Waals surface area (Å²) in [6.45, 7) is 0. The molecule has 127 valence electrons. The Bertz CT molecular complexity index is 655. The van der Waals surface area contributed by atoms with E-state index in [1.807, 2.05) is 70.1 Å². The van der Waals surface area contributed by atoms with Crippen LogP contribution in [0, 0.1) is 44.1 Å². The third-order valence-corrected chi connectivity index (χ3v) is 6.95. The Balaban J connectivity index is 0.000000173. The van der Waals surface area contributed by atoms with Crippen LogP contribution in [0.5, 0.6) is 0 Å². The van der Waals surface area contributed by atoms with E-state index < -0.39 is 12.2 Å². The molecule has 4 aromatic heterocycles. The minimum absolute atomic E-state index is 0. The Morgan fingerprint density at radius 1 is 0.520 bits per heavy atom. The molecule has 0 aliphatic heterocycles. The van der Waals surface area contributed by atoms with E-state index in [-0.39, 0.29) is 44.1 Å². The summed E-state index contributed by atoms with van der Waals surface area (Å²) in [5, 5.41) is 27.5. The quantitative estimate of drug-likeness (QED) is 0.304. The molecule has 0 unspecified atom stereocenters. The number of hydrogen-bond acceptors (Lipinski definition) is 6. The van der Waals surface area contributed by atoms with Crippen molar-refractivity contribution in [2.45, 2.75) is 12.2 Å². The average Bonchev–Trinajstić information content (AvgIpc) is 3.43. The zero-order valence-corrected chi connectivity index (χ0v) is 21.2. The molecular weight excluding hydrogens is 603 g/mol. The standard InChI is InChI=1S/2C9H8OS2.Ac/c2*10-9(7-3-1-5-11-7)8-4-2-6-12-8;/h2*1-6,9-10H;. The largest absolute Gasteiger partial charge is 0.382 e. The van der Waals surface area contributed by atoms with Gasteiger partial charge in [-0.25, -0.2) is 0 Å². The molecule has 1 radical (unpaired) electrons. The van der Waals surface area contributed by atoms with Crippen LogP contribution in [0.15, 0.2) is 70.1 Å². The van der Waals surface area contributed by atoms with Gasteiger partial charge in [0.15, 0.2) is 0 Å². The van der Waals surface area contributed by atoms with Crippen molar-refractivity contribution in [2.24, 2.45) is 0 Å². The maximum atomic E-state index is 9.79. The molecule has 4 rings (SSSR count). The van der Waals surface area contributed by atoms with Crippen molar-refractivity contribution in [2.75, 3.05) is 0 Å². The predicted octanol–water partition coefficient (Wildman–Crippen LogP) is 5.78. The van der Waals surface area contributed by atoms with Crippen LogP contribution in [-0.2, 0) is 0 Å². The zero-order valence-electron chi connectivity index (χ0n) is 13.2. The summed E-state index contributed by atoms with van der Waals surface area (Å²) in [6.07, 6.45) is -0.852. The molecule has 4 aromatic rings. The maximum Gasteiger partial charge on any atom is 0.122 e. The SMILES string of the molecule is OC(c1cccs1)c1cccs1.OC(c1cccs1)c1cccs1.[Ac]. The van der Waals surface area contributed by atoms with Gasteiger partial charge >= 0.3 is 0 Å². The van der Waals surface area contributed by atoms with Gasteiger partial charge in [0.2, 0.25) is 0 Å². The van der Waals surface area contributed by atoms with E-state index in [0.717, 1.165) is 19.5 Å². The monoisotopic (exact) mass is 619 g/mol. The second-order valence-corrected chi connectivity index (χ2v) is 8.78. The average molecular weight is 620 g/mol. The first-order chi connectivity index (χ1) is 11.8. The van der Waals surface area contributed by atoms with Gasteiger partial charge in [0, 0.05) is 63.6 Å². The van der Waals surface area contributed by atoms with Crippen molar-refractivity contribution in [3.05, 3.63) is 89.6 Å². The molecule has 0 saturated carbocycles. The second kappa shape index (κ2) is 11.1. The van der Waals surface area contributed by atoms with Crippen molar-refractivity contribution in [1.29, 1.82) is 0 Å². The Morgan fingerprint density at radius 2 is 0.760 bits per heavy atom. The molecule has 0 saturated heterocycles. The van der Waals surface area contributed by atoms with E-state index in [1.54, 1.807) is 45.3 Å². The van der Waals surface area contributed by atoms with Crippen molar-refractivity contribution >= 4 is 45.3 Å². The van der Waals surface area contributed by atoms with E-state index >= 15 is 0 Å². The molecule has 0 aromatic carbocycles. The van der Waals surface area contributed by atoms with Gasteiger partial charge < -0.3 is 10.2 Å². The fourth-order valence-corrected chi connectivity index (χ4v) is 5.13. The third kappa shape index (κ3) is 6.08. The van der Waals surface area contributed by atoms with Gasteiger partial charge in [-0.2, -0.15) is 0 Å². The first kappa shape index (κ1) is 21.5. The van der Waals surface area contributed by atoms with Crippen LogP contribution < -0.4 is 0 Å². The number of thiophene rings is 4. The van der Waals surface area contributed by atoms with Crippen LogP contribution in [-0.4, -0.2) is 10.2 Å². The van der Waals surface area contributed by atoms with Crippen LogP contribution in [0.3, 0.4) is 0 Å². The first-order valence-corrected chi connectivity index (χ1v) is 10.8. The molecule has 25 heavy (non-hydrogen) atoms. The predicted molar refractivity (Wildman–Crippen MR) is 105 cm³/mol. The molecule has 0 aliphatic rings. The minimum atomic E-state index is -0.426. The molecule has 2 nitrogen and oxygen atoms in total. The van der Waals surface area contributed by atoms with Crippen molar-refractivity contribution in [3.63, 3.8) is 0 Å². The summed E-state index contributed by atoms with van der Waals surface area (Å²) in [6, 6.07) is 15.6. The number of hydrogen-bond donors (Lipinski definition) is 2. The molecule has 2 N–H and O–H groups in total. The molecule has 7 heteroatoms. The smallest absolute Gasteiger partial charge is 0.122 e. The van der Waals surface area contributed by atoms with Crippen molar-refractivity contribution < 1.29 is 54.3 Å². The number of aliphatic hydroxyl groups excluding tert-OH is 2. The van der Waals surface area contributed by atoms with E-state index in [1.165, 1.54) is 0 Å². The van der Waals surface area contributed by atoms with Gasteiger partial charge in [-0.15, -0.1) is 45.3 Å². The van der Waals surface area contributed by atoms with Crippen LogP contribution in [0.2, 0.25) is 0 Å². The zero-order chi connectivity index (χ0) is 16.8. The molecule has 4 heterocycles. The van der Waals surface area contributed by atoms with Gasteiger partial charge in [-0.1, -0.05) is 24.3 Å². The fourth-order valence-electron chi connectivity index (χ4n) is 2.07. The fraction of sp³-hybridized carbons (Fsp3) is 0.111. The Kier molecular flexibility index (Phi) is 9.53. The molecule has 0 spiro atoms. The van der Waals surface area contributed by atoms with E-state index in [9.17, 15) is 10.2 Å². The Hall–Kier alpha value is 0.162.